The van der Waals surface area contributed by atoms with Gasteiger partial charge in [-0.15, -0.1) is 23.5 Å². The van der Waals surface area contributed by atoms with E-state index in [4.69, 9.17) is 0 Å². The van der Waals surface area contributed by atoms with Gasteiger partial charge in [-0.2, -0.15) is 0 Å². The molecule has 17 heavy (non-hydrogen) atoms. The average Bonchev–Trinajstić information content (AvgIpc) is 2.40. The lowest BCUT2D eigenvalue weighted by Gasteiger charge is -2.42. The van der Waals surface area contributed by atoms with Crippen LogP contribution in [0.15, 0.2) is 9.81 Å². The number of thioether (sulfide) groups is 2. The van der Waals surface area contributed by atoms with Crippen LogP contribution in [0.25, 0.3) is 0 Å². The van der Waals surface area contributed by atoms with E-state index in [2.05, 4.69) is 4.90 Å². The van der Waals surface area contributed by atoms with Crippen molar-refractivity contribution in [3.05, 3.63) is 9.81 Å². The van der Waals surface area contributed by atoms with Crippen LogP contribution in [-0.4, -0.2) is 34.9 Å². The van der Waals surface area contributed by atoms with Gasteiger partial charge in [0.1, 0.15) is 0 Å². The van der Waals surface area contributed by atoms with Crippen LogP contribution in [0, 0.1) is 0 Å². The Morgan fingerprint density at radius 2 is 1.88 bits per heavy atom. The maximum atomic E-state index is 11.9. The van der Waals surface area contributed by atoms with Gasteiger partial charge in [-0.05, 0) is 49.2 Å². The van der Waals surface area contributed by atoms with E-state index in [9.17, 15) is 4.79 Å². The lowest BCUT2D eigenvalue weighted by atomic mass is 9.89. The standard InChI is InChI=1S/C13H19NOS2/c15-12-6-1-5-11-10(4-2-7-14(11)12)13-16-8-3-9-17-13/h11H,1-9H2. The van der Waals surface area contributed by atoms with Crippen LogP contribution in [0.5, 0.6) is 0 Å². The largest absolute Gasteiger partial charge is 0.336 e. The van der Waals surface area contributed by atoms with Crippen molar-refractivity contribution in [2.45, 2.75) is 44.6 Å². The average molecular weight is 269 g/mol. The summed E-state index contributed by atoms with van der Waals surface area (Å²) < 4.78 is 1.56. The highest BCUT2D eigenvalue weighted by Gasteiger charge is 2.34. The van der Waals surface area contributed by atoms with E-state index in [0.29, 0.717) is 11.9 Å². The third-order valence-corrected chi connectivity index (χ3v) is 6.57. The van der Waals surface area contributed by atoms with E-state index in [1.807, 2.05) is 23.5 Å². The monoisotopic (exact) mass is 269 g/mol. The van der Waals surface area contributed by atoms with Gasteiger partial charge in [0.15, 0.2) is 0 Å². The van der Waals surface area contributed by atoms with Crippen molar-refractivity contribution in [2.24, 2.45) is 0 Å². The Morgan fingerprint density at radius 3 is 2.71 bits per heavy atom. The Kier molecular flexibility index (Phi) is 3.71. The van der Waals surface area contributed by atoms with Crippen LogP contribution in [0.4, 0.5) is 0 Å². The van der Waals surface area contributed by atoms with Crippen molar-refractivity contribution >= 4 is 29.4 Å². The van der Waals surface area contributed by atoms with Gasteiger partial charge in [-0.1, -0.05) is 0 Å². The number of hydrogen-bond acceptors (Lipinski definition) is 3. The fourth-order valence-electron chi connectivity index (χ4n) is 3.02. The lowest BCUT2D eigenvalue weighted by Crippen LogP contribution is -2.47. The Labute approximate surface area is 112 Å². The fourth-order valence-corrected chi connectivity index (χ4v) is 5.83. The first-order valence-corrected chi connectivity index (χ1v) is 8.61. The van der Waals surface area contributed by atoms with Gasteiger partial charge in [-0.25, -0.2) is 0 Å². The molecule has 2 nitrogen and oxygen atoms in total. The number of piperidine rings is 2. The van der Waals surface area contributed by atoms with Crippen LogP contribution in [0.2, 0.25) is 0 Å². The second kappa shape index (κ2) is 5.27. The molecule has 0 N–H and O–H groups in total. The summed E-state index contributed by atoms with van der Waals surface area (Å²) in [5, 5.41) is 0. The van der Waals surface area contributed by atoms with Crippen molar-refractivity contribution in [1.82, 2.24) is 4.90 Å². The van der Waals surface area contributed by atoms with E-state index in [0.717, 1.165) is 19.4 Å². The molecule has 3 saturated heterocycles. The number of carbonyl (C=O) groups is 1. The summed E-state index contributed by atoms with van der Waals surface area (Å²) in [6.45, 7) is 0.996. The molecule has 0 spiro atoms. The zero-order chi connectivity index (χ0) is 11.7. The van der Waals surface area contributed by atoms with Crippen LogP contribution in [0.1, 0.15) is 38.5 Å². The normalized spacial score (nSPS) is 30.5. The number of amides is 1. The molecule has 3 fully saturated rings. The van der Waals surface area contributed by atoms with E-state index in [-0.39, 0.29) is 0 Å². The Morgan fingerprint density at radius 1 is 1.06 bits per heavy atom. The molecule has 94 valence electrons. The van der Waals surface area contributed by atoms with Crippen LogP contribution in [-0.2, 0) is 4.79 Å². The topological polar surface area (TPSA) is 20.3 Å². The maximum Gasteiger partial charge on any atom is 0.223 e. The molecule has 0 radical (unpaired) electrons. The molecule has 1 unspecified atom stereocenters. The molecule has 0 saturated carbocycles. The molecule has 0 aromatic carbocycles. The second-order valence-electron chi connectivity index (χ2n) is 4.96. The minimum absolute atomic E-state index is 0.393. The number of fused-ring (bicyclic) bond motifs is 1. The zero-order valence-electron chi connectivity index (χ0n) is 10.1. The highest BCUT2D eigenvalue weighted by molar-refractivity contribution is 8.22. The molecule has 3 aliphatic heterocycles. The van der Waals surface area contributed by atoms with Crippen molar-refractivity contribution in [2.75, 3.05) is 18.1 Å². The summed E-state index contributed by atoms with van der Waals surface area (Å²) in [7, 11) is 0. The number of nitrogens with zero attached hydrogens (tertiary/aromatic N) is 1. The summed E-state index contributed by atoms with van der Waals surface area (Å²) in [6, 6.07) is 0.457. The van der Waals surface area contributed by atoms with E-state index in [1.54, 1.807) is 9.81 Å². The lowest BCUT2D eigenvalue weighted by molar-refractivity contribution is -0.136. The molecule has 3 heterocycles. The molecule has 0 aromatic heterocycles. The minimum Gasteiger partial charge on any atom is -0.336 e. The summed E-state index contributed by atoms with van der Waals surface area (Å²) >= 11 is 4.06. The van der Waals surface area contributed by atoms with E-state index < -0.39 is 0 Å². The highest BCUT2D eigenvalue weighted by Crippen LogP contribution is 2.43. The third kappa shape index (κ3) is 2.39. The van der Waals surface area contributed by atoms with Gasteiger partial charge in [0, 0.05) is 17.2 Å². The first kappa shape index (κ1) is 12.0. The van der Waals surface area contributed by atoms with Crippen molar-refractivity contribution < 1.29 is 4.79 Å². The Hall–Kier alpha value is -0.0900. The predicted molar refractivity (Wildman–Crippen MR) is 75.1 cm³/mol. The number of carbonyl (C=O) groups excluding carboxylic acids is 1. The molecule has 0 aliphatic carbocycles. The second-order valence-corrected chi connectivity index (χ2v) is 7.43. The van der Waals surface area contributed by atoms with Crippen molar-refractivity contribution in [1.29, 1.82) is 0 Å². The zero-order valence-corrected chi connectivity index (χ0v) is 11.7. The highest BCUT2D eigenvalue weighted by atomic mass is 32.2. The van der Waals surface area contributed by atoms with Crippen molar-refractivity contribution in [3.8, 4) is 0 Å². The summed E-state index contributed by atoms with van der Waals surface area (Å²) in [5.74, 6) is 2.93. The molecule has 4 heteroatoms. The summed E-state index contributed by atoms with van der Waals surface area (Å²) in [4.78, 5) is 14.1. The van der Waals surface area contributed by atoms with Crippen molar-refractivity contribution in [3.63, 3.8) is 0 Å². The number of hydrogen-bond donors (Lipinski definition) is 0. The first-order chi connectivity index (χ1) is 8.36. The Bertz CT molecular complexity index is 345. The minimum atomic E-state index is 0.393. The van der Waals surface area contributed by atoms with E-state index >= 15 is 0 Å². The van der Waals surface area contributed by atoms with Crippen LogP contribution >= 0.6 is 23.5 Å². The summed E-state index contributed by atoms with van der Waals surface area (Å²) in [6.07, 6.45) is 6.79. The van der Waals surface area contributed by atoms with Crippen LogP contribution in [0.3, 0.4) is 0 Å². The molecule has 1 amide bonds. The molecular formula is C13H19NOS2. The molecule has 1 atom stereocenters. The smallest absolute Gasteiger partial charge is 0.223 e. The SMILES string of the molecule is O=C1CCCC2C(=C3SCCCS3)CCCN12. The van der Waals surface area contributed by atoms with Gasteiger partial charge < -0.3 is 4.90 Å². The van der Waals surface area contributed by atoms with E-state index in [1.165, 1.54) is 37.2 Å². The quantitative estimate of drug-likeness (QED) is 0.673. The molecule has 3 rings (SSSR count). The van der Waals surface area contributed by atoms with Gasteiger partial charge in [0.2, 0.25) is 5.91 Å². The first-order valence-electron chi connectivity index (χ1n) is 6.64. The summed E-state index contributed by atoms with van der Waals surface area (Å²) in [5.41, 5.74) is 1.60. The maximum absolute atomic E-state index is 11.9. The van der Waals surface area contributed by atoms with Gasteiger partial charge in [0.25, 0.3) is 0 Å². The fraction of sp³-hybridized carbons (Fsp3) is 0.769. The molecule has 0 aromatic rings. The third-order valence-electron chi connectivity index (χ3n) is 3.83. The molecular weight excluding hydrogens is 250 g/mol. The molecule has 3 aliphatic rings. The van der Waals surface area contributed by atoms with Crippen LogP contribution < -0.4 is 0 Å². The van der Waals surface area contributed by atoms with Gasteiger partial charge in [0.05, 0.1) is 6.04 Å². The predicted octanol–water partition coefficient (Wildman–Crippen LogP) is 3.24. The van der Waals surface area contributed by atoms with Gasteiger partial charge in [-0.3, -0.25) is 4.79 Å². The van der Waals surface area contributed by atoms with Gasteiger partial charge >= 0.3 is 0 Å². The molecule has 0 bridgehead atoms. The Balaban J connectivity index is 1.85. The number of rotatable bonds is 0.